The third-order valence-electron chi connectivity index (χ3n) is 6.49. The molecule has 2 fully saturated rings. The van der Waals surface area contributed by atoms with Gasteiger partial charge in [-0.25, -0.2) is 4.98 Å². The van der Waals surface area contributed by atoms with Gasteiger partial charge >= 0.3 is 0 Å². The minimum Gasteiger partial charge on any atom is -0.361 e. The third kappa shape index (κ3) is 2.92. The molecule has 1 aliphatic heterocycles. The number of benzene rings is 1. The number of aromatic nitrogens is 2. The Bertz CT molecular complexity index is 1070. The van der Waals surface area contributed by atoms with E-state index in [2.05, 4.69) is 54.9 Å². The van der Waals surface area contributed by atoms with Gasteiger partial charge in [-0.05, 0) is 60.4 Å². The largest absolute Gasteiger partial charge is 0.361 e. The molecule has 3 heterocycles. The summed E-state index contributed by atoms with van der Waals surface area (Å²) >= 11 is 0. The van der Waals surface area contributed by atoms with Gasteiger partial charge in [-0.1, -0.05) is 32.9 Å². The number of amides is 1. The van der Waals surface area contributed by atoms with E-state index >= 15 is 0 Å². The summed E-state index contributed by atoms with van der Waals surface area (Å²) < 4.78 is 0. The fraction of sp³-hybridized carbons (Fsp3) is 0.417. The highest BCUT2D eigenvalue weighted by atomic mass is 16.2. The first-order chi connectivity index (χ1) is 13.3. The molecule has 1 amide bonds. The van der Waals surface area contributed by atoms with Crippen LogP contribution >= 0.6 is 0 Å². The summed E-state index contributed by atoms with van der Waals surface area (Å²) in [7, 11) is 0. The molecule has 1 saturated heterocycles. The van der Waals surface area contributed by atoms with E-state index < -0.39 is 0 Å². The van der Waals surface area contributed by atoms with Crippen molar-refractivity contribution in [2.45, 2.75) is 46.1 Å². The van der Waals surface area contributed by atoms with E-state index in [1.807, 2.05) is 24.4 Å². The summed E-state index contributed by atoms with van der Waals surface area (Å²) in [5, 5.41) is 1.15. The van der Waals surface area contributed by atoms with E-state index in [4.69, 9.17) is 4.98 Å². The number of fused-ring (bicyclic) bond motifs is 3. The maximum absolute atomic E-state index is 13.4. The minimum absolute atomic E-state index is 0.0796. The molecule has 144 valence electrons. The second-order valence-electron chi connectivity index (χ2n) is 9.83. The van der Waals surface area contributed by atoms with Gasteiger partial charge in [-0.15, -0.1) is 0 Å². The van der Waals surface area contributed by atoms with E-state index in [0.29, 0.717) is 17.2 Å². The van der Waals surface area contributed by atoms with Crippen LogP contribution in [0.25, 0.3) is 22.2 Å². The number of aromatic amines is 1. The van der Waals surface area contributed by atoms with Crippen molar-refractivity contribution in [1.29, 1.82) is 0 Å². The Kier molecular flexibility index (Phi) is 3.71. The van der Waals surface area contributed by atoms with Gasteiger partial charge in [0.25, 0.3) is 5.91 Å². The summed E-state index contributed by atoms with van der Waals surface area (Å²) in [6.07, 6.45) is 5.32. The first-order valence-corrected chi connectivity index (χ1v) is 10.2. The Balaban J connectivity index is 1.45. The van der Waals surface area contributed by atoms with Crippen LogP contribution in [0.15, 0.2) is 48.7 Å². The number of carbonyl (C=O) groups excluding carboxylic acids is 1. The number of nitrogens with one attached hydrogen (secondary N) is 1. The predicted molar refractivity (Wildman–Crippen MR) is 112 cm³/mol. The molecule has 3 aromatic rings. The number of likely N-dealkylation sites (tertiary alicyclic amines) is 1. The summed E-state index contributed by atoms with van der Waals surface area (Å²) in [6.45, 7) is 7.86. The summed E-state index contributed by atoms with van der Waals surface area (Å²) in [5.74, 6) is 0.0796. The lowest BCUT2D eigenvalue weighted by molar-refractivity contribution is 0.0702. The maximum atomic E-state index is 13.4. The highest BCUT2D eigenvalue weighted by Crippen LogP contribution is 2.52. The minimum atomic E-state index is 0.0796. The van der Waals surface area contributed by atoms with E-state index in [1.165, 1.54) is 6.42 Å². The Morgan fingerprint density at radius 1 is 1.14 bits per heavy atom. The highest BCUT2D eigenvalue weighted by Gasteiger charge is 2.51. The zero-order chi connectivity index (χ0) is 19.5. The van der Waals surface area contributed by atoms with Crippen molar-refractivity contribution >= 4 is 16.8 Å². The van der Waals surface area contributed by atoms with Crippen LogP contribution in [0, 0.1) is 10.8 Å². The molecule has 1 saturated carbocycles. The topological polar surface area (TPSA) is 49.0 Å². The molecule has 28 heavy (non-hydrogen) atoms. The summed E-state index contributed by atoms with van der Waals surface area (Å²) in [6, 6.07) is 14.4. The van der Waals surface area contributed by atoms with Crippen LogP contribution in [0.3, 0.4) is 0 Å². The van der Waals surface area contributed by atoms with Gasteiger partial charge in [-0.2, -0.15) is 0 Å². The first kappa shape index (κ1) is 17.5. The maximum Gasteiger partial charge on any atom is 0.272 e. The number of hydrogen-bond donors (Lipinski definition) is 1. The Morgan fingerprint density at radius 2 is 2.00 bits per heavy atom. The molecule has 1 aromatic carbocycles. The molecular formula is C24H27N3O. The van der Waals surface area contributed by atoms with Crippen molar-refractivity contribution in [2.75, 3.05) is 6.54 Å². The molecule has 1 aliphatic carbocycles. The second-order valence-corrected chi connectivity index (χ2v) is 9.83. The van der Waals surface area contributed by atoms with Crippen LogP contribution in [-0.4, -0.2) is 33.4 Å². The fourth-order valence-electron chi connectivity index (χ4n) is 5.77. The highest BCUT2D eigenvalue weighted by molar-refractivity contribution is 5.93. The molecule has 2 bridgehead atoms. The van der Waals surface area contributed by atoms with E-state index in [9.17, 15) is 4.79 Å². The normalized spacial score (nSPS) is 26.0. The fourth-order valence-corrected chi connectivity index (χ4v) is 5.77. The van der Waals surface area contributed by atoms with Gasteiger partial charge in [-0.3, -0.25) is 4.79 Å². The number of nitrogens with zero attached hydrogens (tertiary/aromatic N) is 2. The van der Waals surface area contributed by atoms with Crippen LogP contribution in [0.4, 0.5) is 0 Å². The molecule has 2 atom stereocenters. The quantitative estimate of drug-likeness (QED) is 0.665. The first-order valence-electron chi connectivity index (χ1n) is 10.2. The third-order valence-corrected chi connectivity index (χ3v) is 6.49. The molecule has 0 radical (unpaired) electrons. The molecule has 2 aromatic heterocycles. The van der Waals surface area contributed by atoms with Crippen molar-refractivity contribution in [1.82, 2.24) is 14.9 Å². The van der Waals surface area contributed by atoms with Crippen molar-refractivity contribution in [3.05, 3.63) is 54.4 Å². The number of H-pyrrole nitrogens is 1. The van der Waals surface area contributed by atoms with E-state index in [-0.39, 0.29) is 11.3 Å². The van der Waals surface area contributed by atoms with Crippen molar-refractivity contribution < 1.29 is 4.79 Å². The van der Waals surface area contributed by atoms with Crippen LogP contribution < -0.4 is 0 Å². The second kappa shape index (κ2) is 5.94. The monoisotopic (exact) mass is 373 g/mol. The van der Waals surface area contributed by atoms with E-state index in [1.54, 1.807) is 0 Å². The SMILES string of the molecule is CC1(C)C[C@@H]2C[C@@](C)(CN2C(=O)c2cccc(-c3ccc4[nH]ccc4c3)n2)C1. The van der Waals surface area contributed by atoms with Crippen LogP contribution in [0.1, 0.15) is 50.5 Å². The van der Waals surface area contributed by atoms with Crippen LogP contribution in [0.5, 0.6) is 0 Å². The van der Waals surface area contributed by atoms with Crippen molar-refractivity contribution in [3.8, 4) is 11.3 Å². The predicted octanol–water partition coefficient (Wildman–Crippen LogP) is 5.27. The van der Waals surface area contributed by atoms with Gasteiger partial charge < -0.3 is 9.88 Å². The number of pyridine rings is 1. The molecule has 1 N–H and O–H groups in total. The molecule has 4 nitrogen and oxygen atoms in total. The van der Waals surface area contributed by atoms with Crippen LogP contribution in [0.2, 0.25) is 0 Å². The standard InChI is InChI=1S/C24H27N3O/c1-23(2)12-18-13-24(3,14-23)15-27(18)22(28)21-6-4-5-20(26-21)16-7-8-19-17(11-16)9-10-25-19/h4-11,18,25H,12-15H2,1-3H3/t18-,24-/m1/s1. The van der Waals surface area contributed by atoms with Crippen molar-refractivity contribution in [2.24, 2.45) is 10.8 Å². The summed E-state index contributed by atoms with van der Waals surface area (Å²) in [5.41, 5.74) is 4.09. The molecule has 5 rings (SSSR count). The molecule has 4 heteroatoms. The zero-order valence-electron chi connectivity index (χ0n) is 16.8. The number of rotatable bonds is 2. The van der Waals surface area contributed by atoms with Gasteiger partial charge in [0.2, 0.25) is 0 Å². The van der Waals surface area contributed by atoms with Crippen molar-refractivity contribution in [3.63, 3.8) is 0 Å². The van der Waals surface area contributed by atoms with Gasteiger partial charge in [0.15, 0.2) is 0 Å². The lowest BCUT2D eigenvalue weighted by Crippen LogP contribution is -2.38. The number of carbonyl (C=O) groups is 1. The van der Waals surface area contributed by atoms with Gasteiger partial charge in [0, 0.05) is 35.2 Å². The van der Waals surface area contributed by atoms with Gasteiger partial charge in [0.05, 0.1) is 5.69 Å². The Morgan fingerprint density at radius 3 is 2.86 bits per heavy atom. The Labute approximate surface area is 166 Å². The number of hydrogen-bond acceptors (Lipinski definition) is 2. The molecule has 0 unspecified atom stereocenters. The van der Waals surface area contributed by atoms with E-state index in [0.717, 1.165) is 41.5 Å². The lowest BCUT2D eigenvalue weighted by Gasteiger charge is -2.39. The van der Waals surface area contributed by atoms with Gasteiger partial charge in [0.1, 0.15) is 5.69 Å². The molecule has 2 aliphatic rings. The lowest BCUT2D eigenvalue weighted by atomic mass is 9.65. The van der Waals surface area contributed by atoms with Crippen LogP contribution in [-0.2, 0) is 0 Å². The smallest absolute Gasteiger partial charge is 0.272 e. The Hall–Kier alpha value is -2.62. The zero-order valence-corrected chi connectivity index (χ0v) is 16.8. The summed E-state index contributed by atoms with van der Waals surface area (Å²) in [4.78, 5) is 23.4. The molecular weight excluding hydrogens is 346 g/mol. The average molecular weight is 374 g/mol. The molecule has 0 spiro atoms. The average Bonchev–Trinajstić information content (AvgIpc) is 3.21.